The second kappa shape index (κ2) is 7.00. The number of thioether (sulfide) groups is 1. The molecule has 8 heteroatoms. The van der Waals surface area contributed by atoms with Gasteiger partial charge in [0.05, 0.1) is 22.0 Å². The Kier molecular flexibility index (Phi) is 5.01. The highest BCUT2D eigenvalue weighted by Crippen LogP contribution is 2.40. The van der Waals surface area contributed by atoms with E-state index in [2.05, 4.69) is 9.97 Å². The molecule has 0 unspecified atom stereocenters. The number of hydrogen-bond acceptors (Lipinski definition) is 7. The number of hydrogen-bond donors (Lipinski definition) is 0. The molecule has 0 spiro atoms. The molecule has 0 aliphatic rings. The van der Waals surface area contributed by atoms with Crippen molar-refractivity contribution in [2.45, 2.75) is 4.21 Å². The van der Waals surface area contributed by atoms with Crippen LogP contribution >= 0.6 is 46.0 Å². The fourth-order valence-electron chi connectivity index (χ4n) is 1.96. The van der Waals surface area contributed by atoms with E-state index in [1.807, 2.05) is 17.7 Å². The van der Waals surface area contributed by atoms with E-state index in [4.69, 9.17) is 16.3 Å². The standard InChI is InChI=1S/C15H11ClN2O2S3/c1-20-14(19)12-5-8(15(21-2)23-12)13-18-11(7-22-13)9-6-17-4-3-10(9)16/h3-7H,1-2H3. The fraction of sp³-hybridized carbons (Fsp3) is 0.133. The minimum atomic E-state index is -0.330. The van der Waals surface area contributed by atoms with Gasteiger partial charge in [-0.1, -0.05) is 11.6 Å². The van der Waals surface area contributed by atoms with E-state index in [0.717, 1.165) is 26.0 Å². The SMILES string of the molecule is COC(=O)c1cc(-c2nc(-c3cnccc3Cl)cs2)c(SC)s1. The van der Waals surface area contributed by atoms with Gasteiger partial charge in [0.1, 0.15) is 9.88 Å². The minimum Gasteiger partial charge on any atom is -0.465 e. The molecule has 0 saturated carbocycles. The summed E-state index contributed by atoms with van der Waals surface area (Å²) in [7, 11) is 1.38. The predicted octanol–water partition coefficient (Wildman–Crippen LogP) is 5.10. The maximum Gasteiger partial charge on any atom is 0.348 e. The summed E-state index contributed by atoms with van der Waals surface area (Å²) in [5, 5.41) is 3.40. The third-order valence-corrected chi connectivity index (χ3v) is 6.50. The first-order chi connectivity index (χ1) is 11.1. The molecule has 0 bridgehead atoms. The molecule has 0 aromatic carbocycles. The average molecular weight is 383 g/mol. The van der Waals surface area contributed by atoms with Crippen molar-refractivity contribution in [1.82, 2.24) is 9.97 Å². The molecule has 3 aromatic heterocycles. The maximum absolute atomic E-state index is 11.7. The van der Waals surface area contributed by atoms with Crippen LogP contribution in [0.4, 0.5) is 0 Å². The van der Waals surface area contributed by atoms with Crippen molar-refractivity contribution in [3.8, 4) is 21.8 Å². The summed E-state index contributed by atoms with van der Waals surface area (Å²) in [6, 6.07) is 3.57. The lowest BCUT2D eigenvalue weighted by Crippen LogP contribution is -1.96. The number of ether oxygens (including phenoxy) is 1. The Morgan fingerprint density at radius 3 is 2.91 bits per heavy atom. The van der Waals surface area contributed by atoms with Crippen LogP contribution in [0.15, 0.2) is 34.1 Å². The number of esters is 1. The van der Waals surface area contributed by atoms with E-state index in [0.29, 0.717) is 9.90 Å². The Hall–Kier alpha value is -1.41. The van der Waals surface area contributed by atoms with Gasteiger partial charge in [0.2, 0.25) is 0 Å². The molecule has 23 heavy (non-hydrogen) atoms. The lowest BCUT2D eigenvalue weighted by atomic mass is 10.2. The second-order valence-electron chi connectivity index (χ2n) is 4.40. The highest BCUT2D eigenvalue weighted by molar-refractivity contribution is 8.00. The van der Waals surface area contributed by atoms with Gasteiger partial charge in [-0.05, 0) is 18.4 Å². The van der Waals surface area contributed by atoms with Crippen LogP contribution in [0.25, 0.3) is 21.8 Å². The number of halogens is 1. The number of thiophene rings is 1. The average Bonchev–Trinajstić information content (AvgIpc) is 3.21. The van der Waals surface area contributed by atoms with Gasteiger partial charge in [-0.15, -0.1) is 34.4 Å². The van der Waals surface area contributed by atoms with Crippen LogP contribution in [0.5, 0.6) is 0 Å². The molecule has 4 nitrogen and oxygen atoms in total. The molecule has 0 saturated heterocycles. The summed E-state index contributed by atoms with van der Waals surface area (Å²) >= 11 is 10.7. The molecule has 0 fully saturated rings. The molecule has 3 rings (SSSR count). The lowest BCUT2D eigenvalue weighted by Gasteiger charge is -1.98. The van der Waals surface area contributed by atoms with Crippen LogP contribution in [0.1, 0.15) is 9.67 Å². The third kappa shape index (κ3) is 3.28. The Morgan fingerprint density at radius 2 is 2.22 bits per heavy atom. The zero-order valence-corrected chi connectivity index (χ0v) is 15.4. The molecule has 3 heterocycles. The van der Waals surface area contributed by atoms with Gasteiger partial charge in [-0.3, -0.25) is 4.98 Å². The van der Waals surface area contributed by atoms with Gasteiger partial charge < -0.3 is 4.74 Å². The number of aromatic nitrogens is 2. The molecule has 0 aliphatic heterocycles. The highest BCUT2D eigenvalue weighted by Gasteiger charge is 2.19. The Bertz CT molecular complexity index is 860. The van der Waals surface area contributed by atoms with E-state index >= 15 is 0 Å². The van der Waals surface area contributed by atoms with Crippen LogP contribution in [-0.4, -0.2) is 29.3 Å². The topological polar surface area (TPSA) is 52.1 Å². The van der Waals surface area contributed by atoms with Crippen LogP contribution in [0, 0.1) is 0 Å². The van der Waals surface area contributed by atoms with Crippen molar-refractivity contribution >= 4 is 52.0 Å². The van der Waals surface area contributed by atoms with Crippen LogP contribution in [0.3, 0.4) is 0 Å². The van der Waals surface area contributed by atoms with Gasteiger partial charge in [0, 0.05) is 28.9 Å². The summed E-state index contributed by atoms with van der Waals surface area (Å²) in [6.07, 6.45) is 5.32. The van der Waals surface area contributed by atoms with E-state index in [1.54, 1.807) is 30.2 Å². The van der Waals surface area contributed by atoms with Crippen molar-refractivity contribution in [2.24, 2.45) is 0 Å². The van der Waals surface area contributed by atoms with Crippen LogP contribution < -0.4 is 0 Å². The number of pyridine rings is 1. The minimum absolute atomic E-state index is 0.330. The van der Waals surface area contributed by atoms with Crippen LogP contribution in [0.2, 0.25) is 5.02 Å². The quantitative estimate of drug-likeness (QED) is 0.464. The first kappa shape index (κ1) is 16.4. The van der Waals surface area contributed by atoms with E-state index in [9.17, 15) is 4.79 Å². The first-order valence-electron chi connectivity index (χ1n) is 6.46. The molecule has 0 N–H and O–H groups in total. The fourth-order valence-corrected chi connectivity index (χ4v) is 4.92. The zero-order chi connectivity index (χ0) is 16.4. The third-order valence-electron chi connectivity index (χ3n) is 3.05. The largest absolute Gasteiger partial charge is 0.465 e. The number of carbonyl (C=O) groups is 1. The number of thiazole rings is 1. The lowest BCUT2D eigenvalue weighted by molar-refractivity contribution is 0.0606. The van der Waals surface area contributed by atoms with Crippen molar-refractivity contribution in [3.63, 3.8) is 0 Å². The summed E-state index contributed by atoms with van der Waals surface area (Å²) in [6.45, 7) is 0. The summed E-state index contributed by atoms with van der Waals surface area (Å²) in [5.41, 5.74) is 2.52. The van der Waals surface area contributed by atoms with Gasteiger partial charge >= 0.3 is 5.97 Å². The van der Waals surface area contributed by atoms with Crippen LogP contribution in [-0.2, 0) is 4.74 Å². The molecular weight excluding hydrogens is 372 g/mol. The summed E-state index contributed by atoms with van der Waals surface area (Å²) in [5.74, 6) is -0.330. The van der Waals surface area contributed by atoms with E-state index in [-0.39, 0.29) is 5.97 Å². The number of rotatable bonds is 4. The van der Waals surface area contributed by atoms with E-state index in [1.165, 1.54) is 29.8 Å². The normalized spacial score (nSPS) is 10.7. The molecule has 0 amide bonds. The molecule has 3 aromatic rings. The zero-order valence-electron chi connectivity index (χ0n) is 12.2. The Morgan fingerprint density at radius 1 is 1.39 bits per heavy atom. The monoisotopic (exact) mass is 382 g/mol. The first-order valence-corrected chi connectivity index (χ1v) is 9.76. The van der Waals surface area contributed by atoms with Gasteiger partial charge in [0.25, 0.3) is 0 Å². The van der Waals surface area contributed by atoms with Crippen molar-refractivity contribution < 1.29 is 9.53 Å². The number of nitrogens with zero attached hydrogens (tertiary/aromatic N) is 2. The van der Waals surface area contributed by atoms with Crippen molar-refractivity contribution in [2.75, 3.05) is 13.4 Å². The second-order valence-corrected chi connectivity index (χ2v) is 7.79. The molecular formula is C15H11ClN2O2S3. The van der Waals surface area contributed by atoms with Gasteiger partial charge in [0.15, 0.2) is 0 Å². The van der Waals surface area contributed by atoms with E-state index < -0.39 is 0 Å². The molecule has 0 radical (unpaired) electrons. The molecule has 0 atom stereocenters. The molecule has 118 valence electrons. The van der Waals surface area contributed by atoms with Gasteiger partial charge in [-0.25, -0.2) is 9.78 Å². The maximum atomic E-state index is 11.7. The smallest absolute Gasteiger partial charge is 0.348 e. The predicted molar refractivity (Wildman–Crippen MR) is 96.8 cm³/mol. The highest BCUT2D eigenvalue weighted by atomic mass is 35.5. The summed E-state index contributed by atoms with van der Waals surface area (Å²) < 4.78 is 5.83. The van der Waals surface area contributed by atoms with Crippen molar-refractivity contribution in [3.05, 3.63) is 39.8 Å². The number of methoxy groups -OCH3 is 1. The molecule has 0 aliphatic carbocycles. The number of carbonyl (C=O) groups excluding carboxylic acids is 1. The Balaban J connectivity index is 2.02. The van der Waals surface area contributed by atoms with Gasteiger partial charge in [-0.2, -0.15) is 0 Å². The summed E-state index contributed by atoms with van der Waals surface area (Å²) in [4.78, 5) is 21.1. The Labute approximate surface area is 150 Å². The van der Waals surface area contributed by atoms with Crippen molar-refractivity contribution in [1.29, 1.82) is 0 Å².